The molecule has 2 unspecified atom stereocenters. The van der Waals surface area contributed by atoms with Crippen molar-refractivity contribution in [2.24, 2.45) is 0 Å². The third-order valence-electron chi connectivity index (χ3n) is 2.87. The van der Waals surface area contributed by atoms with E-state index in [-0.39, 0.29) is 24.7 Å². The second kappa shape index (κ2) is 6.01. The number of aliphatic hydroxyl groups is 1. The molecule has 1 aliphatic rings. The van der Waals surface area contributed by atoms with E-state index >= 15 is 0 Å². The van der Waals surface area contributed by atoms with Crippen LogP contribution in [0.25, 0.3) is 0 Å². The smallest absolute Gasteiger partial charge is 0.262 e. The minimum absolute atomic E-state index is 0.0564. The monoisotopic (exact) mass is 265 g/mol. The van der Waals surface area contributed by atoms with Gasteiger partial charge in [-0.25, -0.2) is 0 Å². The molecule has 2 atom stereocenters. The minimum atomic E-state index is -0.204. The fourth-order valence-electron chi connectivity index (χ4n) is 1.87. The van der Waals surface area contributed by atoms with E-state index in [9.17, 15) is 4.79 Å². The van der Waals surface area contributed by atoms with Gasteiger partial charge in [0.15, 0.2) is 0 Å². The number of thiophene rings is 1. The van der Waals surface area contributed by atoms with Crippen LogP contribution in [0.2, 0.25) is 0 Å². The first-order chi connectivity index (χ1) is 8.72. The Morgan fingerprint density at radius 3 is 3.22 bits per heavy atom. The summed E-state index contributed by atoms with van der Waals surface area (Å²) in [4.78, 5) is 12.7. The van der Waals surface area contributed by atoms with Gasteiger partial charge in [-0.3, -0.25) is 4.79 Å². The van der Waals surface area contributed by atoms with E-state index in [1.807, 2.05) is 12.3 Å². The summed E-state index contributed by atoms with van der Waals surface area (Å²) in [6.07, 6.45) is 0.900. The van der Waals surface area contributed by atoms with Gasteiger partial charge in [0.1, 0.15) is 11.5 Å². The Morgan fingerprint density at radius 2 is 2.56 bits per heavy atom. The fraction of sp³-hybridized carbons (Fsp3) is 0.462. The SMILES string of the molecule is CC1OCCC1NC(=O)c1sccc1C#CCO. The zero-order chi connectivity index (χ0) is 13.0. The number of hydrogen-bond acceptors (Lipinski definition) is 4. The van der Waals surface area contributed by atoms with Gasteiger partial charge in [-0.15, -0.1) is 11.3 Å². The second-order valence-corrected chi connectivity index (χ2v) is 4.98. The first kappa shape index (κ1) is 13.1. The molecule has 0 spiro atoms. The Hall–Kier alpha value is -1.35. The van der Waals surface area contributed by atoms with Gasteiger partial charge in [0, 0.05) is 12.2 Å². The lowest BCUT2D eigenvalue weighted by Gasteiger charge is -2.15. The van der Waals surface area contributed by atoms with Gasteiger partial charge in [0.25, 0.3) is 5.91 Å². The number of hydrogen-bond donors (Lipinski definition) is 2. The van der Waals surface area contributed by atoms with Crippen molar-refractivity contribution in [3.63, 3.8) is 0 Å². The van der Waals surface area contributed by atoms with Gasteiger partial charge < -0.3 is 15.2 Å². The highest BCUT2D eigenvalue weighted by molar-refractivity contribution is 7.12. The number of aliphatic hydroxyl groups excluding tert-OH is 1. The van der Waals surface area contributed by atoms with Crippen LogP contribution in [0.4, 0.5) is 0 Å². The van der Waals surface area contributed by atoms with Crippen LogP contribution in [-0.4, -0.2) is 36.4 Å². The molecule has 0 aliphatic carbocycles. The van der Waals surface area contributed by atoms with Crippen LogP contribution in [0.5, 0.6) is 0 Å². The highest BCUT2D eigenvalue weighted by Crippen LogP contribution is 2.18. The van der Waals surface area contributed by atoms with Crippen LogP contribution in [0.3, 0.4) is 0 Å². The third kappa shape index (κ3) is 2.91. The summed E-state index contributed by atoms with van der Waals surface area (Å²) in [5, 5.41) is 13.5. The Kier molecular flexibility index (Phi) is 4.37. The molecule has 2 N–H and O–H groups in total. The topological polar surface area (TPSA) is 58.6 Å². The first-order valence-electron chi connectivity index (χ1n) is 5.82. The summed E-state index contributed by atoms with van der Waals surface area (Å²) in [6.45, 7) is 2.44. The lowest BCUT2D eigenvalue weighted by Crippen LogP contribution is -2.39. The van der Waals surface area contributed by atoms with Gasteiger partial charge in [-0.05, 0) is 24.8 Å². The van der Waals surface area contributed by atoms with Gasteiger partial charge in [0.2, 0.25) is 0 Å². The summed E-state index contributed by atoms with van der Waals surface area (Å²) in [7, 11) is 0. The largest absolute Gasteiger partial charge is 0.384 e. The van der Waals surface area contributed by atoms with Gasteiger partial charge in [-0.2, -0.15) is 0 Å². The molecule has 0 bridgehead atoms. The Morgan fingerprint density at radius 1 is 1.72 bits per heavy atom. The highest BCUT2D eigenvalue weighted by atomic mass is 32.1. The van der Waals surface area contributed by atoms with E-state index in [2.05, 4.69) is 17.2 Å². The molecule has 18 heavy (non-hydrogen) atoms. The number of amides is 1. The van der Waals surface area contributed by atoms with Gasteiger partial charge >= 0.3 is 0 Å². The van der Waals surface area contributed by atoms with E-state index < -0.39 is 0 Å². The van der Waals surface area contributed by atoms with Crippen molar-refractivity contribution in [3.8, 4) is 11.8 Å². The first-order valence-corrected chi connectivity index (χ1v) is 6.70. The lowest BCUT2D eigenvalue weighted by molar-refractivity contribution is 0.0869. The minimum Gasteiger partial charge on any atom is -0.384 e. The molecule has 2 rings (SSSR count). The Bertz CT molecular complexity index is 486. The van der Waals surface area contributed by atoms with E-state index in [4.69, 9.17) is 9.84 Å². The third-order valence-corrected chi connectivity index (χ3v) is 3.78. The summed E-state index contributed by atoms with van der Waals surface area (Å²) >= 11 is 1.36. The Labute approximate surface area is 110 Å². The summed E-state index contributed by atoms with van der Waals surface area (Å²) in [5.41, 5.74) is 0.665. The predicted molar refractivity (Wildman–Crippen MR) is 69.6 cm³/mol. The lowest BCUT2D eigenvalue weighted by atomic mass is 10.1. The van der Waals surface area contributed by atoms with Crippen LogP contribution in [-0.2, 0) is 4.74 Å². The average molecular weight is 265 g/mol. The second-order valence-electron chi connectivity index (χ2n) is 4.07. The van der Waals surface area contributed by atoms with E-state index in [1.165, 1.54) is 11.3 Å². The fourth-order valence-corrected chi connectivity index (χ4v) is 2.63. The van der Waals surface area contributed by atoms with E-state index in [1.54, 1.807) is 6.07 Å². The van der Waals surface area contributed by atoms with E-state index in [0.717, 1.165) is 6.42 Å². The van der Waals surface area contributed by atoms with Crippen molar-refractivity contribution in [3.05, 3.63) is 21.9 Å². The number of rotatable bonds is 2. The molecule has 0 saturated carbocycles. The Balaban J connectivity index is 2.07. The zero-order valence-corrected chi connectivity index (χ0v) is 10.9. The molecular formula is C13H15NO3S. The summed E-state index contributed by atoms with van der Waals surface area (Å²) in [5.74, 6) is 5.22. The molecule has 4 nitrogen and oxygen atoms in total. The molecular weight excluding hydrogens is 250 g/mol. The number of carbonyl (C=O) groups is 1. The average Bonchev–Trinajstić information content (AvgIpc) is 2.96. The maximum Gasteiger partial charge on any atom is 0.262 e. The van der Waals surface area contributed by atoms with Crippen molar-refractivity contribution in [1.29, 1.82) is 0 Å². The normalized spacial score (nSPS) is 22.3. The predicted octanol–water partition coefficient (Wildman–Crippen LogP) is 0.999. The number of nitrogens with one attached hydrogen (secondary N) is 1. The quantitative estimate of drug-likeness (QED) is 0.784. The van der Waals surface area contributed by atoms with E-state index in [0.29, 0.717) is 17.0 Å². The van der Waals surface area contributed by atoms with Crippen LogP contribution in [0.1, 0.15) is 28.6 Å². The van der Waals surface area contributed by atoms with Gasteiger partial charge in [-0.1, -0.05) is 11.8 Å². The van der Waals surface area contributed by atoms with Crippen LogP contribution < -0.4 is 5.32 Å². The molecule has 5 heteroatoms. The van der Waals surface area contributed by atoms with Crippen LogP contribution in [0, 0.1) is 11.8 Å². The van der Waals surface area contributed by atoms with Crippen molar-refractivity contribution in [1.82, 2.24) is 5.32 Å². The molecule has 0 aromatic carbocycles. The molecule has 1 amide bonds. The molecule has 2 heterocycles. The maximum atomic E-state index is 12.1. The molecule has 1 aromatic rings. The van der Waals surface area contributed by atoms with Gasteiger partial charge in [0.05, 0.1) is 12.1 Å². The summed E-state index contributed by atoms with van der Waals surface area (Å²) < 4.78 is 5.41. The molecule has 1 aromatic heterocycles. The maximum absolute atomic E-state index is 12.1. The number of ether oxygens (including phenoxy) is 1. The number of carbonyl (C=O) groups excluding carboxylic acids is 1. The van der Waals surface area contributed by atoms with Crippen LogP contribution in [0.15, 0.2) is 11.4 Å². The molecule has 1 aliphatic heterocycles. The van der Waals surface area contributed by atoms with Crippen LogP contribution >= 0.6 is 11.3 Å². The zero-order valence-electron chi connectivity index (χ0n) is 10.1. The molecule has 96 valence electrons. The molecule has 1 fully saturated rings. The molecule has 1 saturated heterocycles. The van der Waals surface area contributed by atoms with Crippen molar-refractivity contribution < 1.29 is 14.6 Å². The summed E-state index contributed by atoms with van der Waals surface area (Å²) in [6, 6.07) is 1.86. The highest BCUT2D eigenvalue weighted by Gasteiger charge is 2.26. The van der Waals surface area contributed by atoms with Crippen molar-refractivity contribution in [2.75, 3.05) is 13.2 Å². The van der Waals surface area contributed by atoms with Crippen molar-refractivity contribution >= 4 is 17.2 Å². The standard InChI is InChI=1S/C13H15NO3S/c1-9-11(4-7-17-9)14-13(16)12-10(3-2-6-15)5-8-18-12/h5,8-9,11,15H,4,6-7H2,1H3,(H,14,16). The molecule has 0 radical (unpaired) electrons. The van der Waals surface area contributed by atoms with Crippen molar-refractivity contribution in [2.45, 2.75) is 25.5 Å².